The van der Waals surface area contributed by atoms with Gasteiger partial charge in [0.2, 0.25) is 0 Å². The second-order valence-corrected chi connectivity index (χ2v) is 28.7. The van der Waals surface area contributed by atoms with Crippen molar-refractivity contribution in [3.8, 4) is 0 Å². The van der Waals surface area contributed by atoms with Gasteiger partial charge in [0.05, 0.1) is 26.4 Å². The molecule has 0 radical (unpaired) electrons. The van der Waals surface area contributed by atoms with E-state index in [1.807, 2.05) is 0 Å². The molecule has 0 saturated carbocycles. The van der Waals surface area contributed by atoms with E-state index < -0.39 is 97.5 Å². The predicted molar refractivity (Wildman–Crippen MR) is 358 cm³/mol. The average molecular weight is 1310 g/mol. The van der Waals surface area contributed by atoms with Crippen molar-refractivity contribution in [1.29, 1.82) is 0 Å². The summed E-state index contributed by atoms with van der Waals surface area (Å²) in [5.74, 6) is -1.41. The molecule has 0 aliphatic heterocycles. The summed E-state index contributed by atoms with van der Waals surface area (Å²) < 4.78 is 68.2. The number of hydrogen-bond acceptors (Lipinski definition) is 15. The van der Waals surface area contributed by atoms with Crippen LogP contribution in [0.2, 0.25) is 0 Å². The van der Waals surface area contributed by atoms with E-state index in [1.165, 1.54) is 186 Å². The molecule has 0 aliphatic carbocycles. The molecule has 17 nitrogen and oxygen atoms in total. The molecule has 0 aromatic rings. The first-order valence-corrected chi connectivity index (χ1v) is 39.6. The van der Waals surface area contributed by atoms with Crippen LogP contribution in [-0.2, 0) is 65.4 Å². The number of esters is 4. The van der Waals surface area contributed by atoms with Crippen LogP contribution in [0.3, 0.4) is 0 Å². The topological polar surface area (TPSA) is 237 Å². The molecule has 2 unspecified atom stereocenters. The Bertz CT molecular complexity index is 1720. The highest BCUT2D eigenvalue weighted by molar-refractivity contribution is 7.47. The van der Waals surface area contributed by atoms with Crippen molar-refractivity contribution >= 4 is 39.5 Å². The molecule has 3 N–H and O–H groups in total. The van der Waals surface area contributed by atoms with Crippen LogP contribution < -0.4 is 0 Å². The third-order valence-corrected chi connectivity index (χ3v) is 18.2. The molecule has 0 spiro atoms. The van der Waals surface area contributed by atoms with Gasteiger partial charge in [-0.25, -0.2) is 9.13 Å². The predicted octanol–water partition coefficient (Wildman–Crippen LogP) is 20.1. The van der Waals surface area contributed by atoms with Gasteiger partial charge in [0.25, 0.3) is 0 Å². The normalized spacial score (nSPS) is 14.1. The monoisotopic (exact) mass is 1310 g/mol. The molecule has 19 heteroatoms. The Morgan fingerprint density at radius 3 is 0.764 bits per heavy atom. The Morgan fingerprint density at radius 1 is 0.303 bits per heavy atom. The van der Waals surface area contributed by atoms with Gasteiger partial charge in [-0.1, -0.05) is 311 Å². The number of hydrogen-bond donors (Lipinski definition) is 3. The van der Waals surface area contributed by atoms with Crippen LogP contribution >= 0.6 is 15.6 Å². The lowest BCUT2D eigenvalue weighted by molar-refractivity contribution is -0.161. The minimum Gasteiger partial charge on any atom is -0.462 e. The Kier molecular flexibility index (Phi) is 62.1. The number of carbonyl (C=O) groups is 4. The van der Waals surface area contributed by atoms with E-state index in [0.29, 0.717) is 25.7 Å². The lowest BCUT2D eigenvalue weighted by Gasteiger charge is -2.21. The average Bonchev–Trinajstić information content (AvgIpc) is 3.70. The second kappa shape index (κ2) is 63.5. The summed E-state index contributed by atoms with van der Waals surface area (Å²) in [7, 11) is -9.90. The minimum absolute atomic E-state index is 0.105. The van der Waals surface area contributed by atoms with E-state index in [4.69, 9.17) is 37.0 Å². The maximum absolute atomic E-state index is 13.0. The number of ether oxygens (including phenoxy) is 4. The van der Waals surface area contributed by atoms with Crippen molar-refractivity contribution in [2.45, 2.75) is 380 Å². The highest BCUT2D eigenvalue weighted by Crippen LogP contribution is 2.45. The molecule has 89 heavy (non-hydrogen) atoms. The quantitative estimate of drug-likeness (QED) is 0.0222. The molecule has 0 bridgehead atoms. The number of aliphatic hydroxyl groups is 1. The van der Waals surface area contributed by atoms with E-state index in [9.17, 15) is 43.2 Å². The zero-order valence-corrected chi connectivity index (χ0v) is 59.4. The fourth-order valence-corrected chi connectivity index (χ4v) is 12.2. The zero-order chi connectivity index (χ0) is 65.6. The molecular weight excluding hydrogens is 1170 g/mol. The number of carbonyl (C=O) groups excluding carboxylic acids is 4. The molecule has 5 atom stereocenters. The molecule has 0 aromatic heterocycles. The zero-order valence-electron chi connectivity index (χ0n) is 57.6. The SMILES string of the molecule is CCCCCCCCCCCCCCCCCCCC(=O)O[C@H](COC(=O)CCCCCCCCCCCCCC)COP(=O)(O)OC[C@@H](O)COP(=O)(O)OC[C@@H](COC(=O)CCCCCCCCCCC)OC(=O)CCCCCCCCCCC(C)C. The lowest BCUT2D eigenvalue weighted by Crippen LogP contribution is -2.30. The second-order valence-electron chi connectivity index (χ2n) is 25.7. The van der Waals surface area contributed by atoms with Crippen LogP contribution in [0.25, 0.3) is 0 Å². The van der Waals surface area contributed by atoms with Crippen LogP contribution in [0.1, 0.15) is 362 Å². The fraction of sp³-hybridized carbons (Fsp3) is 0.943. The minimum atomic E-state index is -4.95. The third kappa shape index (κ3) is 64.6. The van der Waals surface area contributed by atoms with Gasteiger partial charge in [0, 0.05) is 25.7 Å². The smallest absolute Gasteiger partial charge is 0.462 e. The third-order valence-electron chi connectivity index (χ3n) is 16.3. The van der Waals surface area contributed by atoms with Gasteiger partial charge in [-0.3, -0.25) is 37.3 Å². The number of rotatable bonds is 70. The van der Waals surface area contributed by atoms with Gasteiger partial charge in [-0.15, -0.1) is 0 Å². The molecule has 0 aliphatic rings. The molecular formula is C70H136O17P2. The first kappa shape index (κ1) is 87.1. The van der Waals surface area contributed by atoms with Crippen molar-refractivity contribution in [1.82, 2.24) is 0 Å². The van der Waals surface area contributed by atoms with E-state index >= 15 is 0 Å². The van der Waals surface area contributed by atoms with E-state index in [1.54, 1.807) is 0 Å². The summed E-state index contributed by atoms with van der Waals surface area (Å²) in [6, 6.07) is 0. The van der Waals surface area contributed by atoms with Crippen molar-refractivity contribution in [2.24, 2.45) is 5.92 Å². The summed E-state index contributed by atoms with van der Waals surface area (Å²) >= 11 is 0. The van der Waals surface area contributed by atoms with Crippen LogP contribution in [0, 0.1) is 5.92 Å². The van der Waals surface area contributed by atoms with Gasteiger partial charge < -0.3 is 33.8 Å². The first-order chi connectivity index (χ1) is 43.0. The molecule has 0 amide bonds. The number of aliphatic hydroxyl groups excluding tert-OH is 1. The van der Waals surface area contributed by atoms with E-state index in [2.05, 4.69) is 34.6 Å². The number of phosphoric ester groups is 2. The van der Waals surface area contributed by atoms with E-state index in [-0.39, 0.29) is 25.7 Å². The molecule has 528 valence electrons. The maximum atomic E-state index is 13.0. The van der Waals surface area contributed by atoms with E-state index in [0.717, 1.165) is 95.8 Å². The largest absolute Gasteiger partial charge is 0.472 e. The standard InChI is InChI=1S/C70H136O17P2/c1-6-9-12-15-18-21-23-25-26-27-28-29-31-34-40-45-50-55-69(74)86-65(60-81-68(73)54-49-44-39-33-30-24-22-19-16-13-10-7-2)61-84-88(76,77)82-57-64(71)58-83-89(78,79)85-62-66(59-80-67(72)53-48-43-38-32-20-17-14-11-8-3)87-70(75)56-51-46-41-36-35-37-42-47-52-63(4)5/h63-66,71H,6-62H2,1-5H3,(H,76,77)(H,78,79)/t64-,65-,66-/m1/s1. The van der Waals surface area contributed by atoms with Gasteiger partial charge in [-0.05, 0) is 31.6 Å². The Balaban J connectivity index is 5.22. The highest BCUT2D eigenvalue weighted by Gasteiger charge is 2.30. The maximum Gasteiger partial charge on any atom is 0.472 e. The van der Waals surface area contributed by atoms with Gasteiger partial charge in [0.15, 0.2) is 12.2 Å². The molecule has 0 aromatic carbocycles. The molecule has 0 rings (SSSR count). The summed E-state index contributed by atoms with van der Waals surface area (Å²) in [5, 5.41) is 10.6. The summed E-state index contributed by atoms with van der Waals surface area (Å²) in [6.07, 6.45) is 49.9. The fourth-order valence-electron chi connectivity index (χ4n) is 10.6. The molecule has 0 saturated heterocycles. The number of unbranched alkanes of at least 4 members (excludes halogenated alkanes) is 42. The van der Waals surface area contributed by atoms with Crippen LogP contribution in [0.15, 0.2) is 0 Å². The number of phosphoric acid groups is 2. The van der Waals surface area contributed by atoms with Crippen molar-refractivity contribution in [3.05, 3.63) is 0 Å². The summed E-state index contributed by atoms with van der Waals surface area (Å²) in [5.41, 5.74) is 0. The lowest BCUT2D eigenvalue weighted by atomic mass is 10.0. The van der Waals surface area contributed by atoms with Crippen LogP contribution in [0.5, 0.6) is 0 Å². The van der Waals surface area contributed by atoms with Crippen molar-refractivity contribution in [3.63, 3.8) is 0 Å². The van der Waals surface area contributed by atoms with Gasteiger partial charge >= 0.3 is 39.5 Å². The van der Waals surface area contributed by atoms with Crippen LogP contribution in [-0.4, -0.2) is 96.7 Å². The molecule has 0 heterocycles. The Hall–Kier alpha value is -1.94. The first-order valence-electron chi connectivity index (χ1n) is 36.6. The summed E-state index contributed by atoms with van der Waals surface area (Å²) in [6.45, 7) is 7.19. The molecule has 0 fully saturated rings. The van der Waals surface area contributed by atoms with Crippen LogP contribution in [0.4, 0.5) is 0 Å². The highest BCUT2D eigenvalue weighted by atomic mass is 31.2. The summed E-state index contributed by atoms with van der Waals surface area (Å²) in [4.78, 5) is 72.5. The van der Waals surface area contributed by atoms with Gasteiger partial charge in [-0.2, -0.15) is 0 Å². The van der Waals surface area contributed by atoms with Gasteiger partial charge in [0.1, 0.15) is 19.3 Å². The Labute approximate surface area is 543 Å². The Morgan fingerprint density at radius 2 is 0.517 bits per heavy atom. The van der Waals surface area contributed by atoms with Crippen molar-refractivity contribution < 1.29 is 80.2 Å². The van der Waals surface area contributed by atoms with Crippen molar-refractivity contribution in [2.75, 3.05) is 39.6 Å².